The molecule has 3 aromatic rings. The highest BCUT2D eigenvalue weighted by molar-refractivity contribution is 6.03. The summed E-state index contributed by atoms with van der Waals surface area (Å²) in [6.07, 6.45) is 3.48. The zero-order chi connectivity index (χ0) is 16.2. The van der Waals surface area contributed by atoms with E-state index in [2.05, 4.69) is 15.5 Å². The second-order valence-corrected chi connectivity index (χ2v) is 5.35. The lowest BCUT2D eigenvalue weighted by Crippen LogP contribution is -2.17. The van der Waals surface area contributed by atoms with Crippen LogP contribution in [0.1, 0.15) is 28.7 Å². The van der Waals surface area contributed by atoms with Gasteiger partial charge in [-0.05, 0) is 25.5 Å². The fourth-order valence-electron chi connectivity index (χ4n) is 2.45. The van der Waals surface area contributed by atoms with Gasteiger partial charge in [0.15, 0.2) is 0 Å². The quantitative estimate of drug-likeness (QED) is 0.788. The number of rotatable bonds is 5. The van der Waals surface area contributed by atoms with E-state index in [1.807, 2.05) is 50.4 Å². The van der Waals surface area contributed by atoms with Gasteiger partial charge in [0, 0.05) is 12.7 Å². The zero-order valence-electron chi connectivity index (χ0n) is 13.2. The summed E-state index contributed by atoms with van der Waals surface area (Å²) in [5.41, 5.74) is 3.22. The molecule has 0 saturated carbocycles. The monoisotopic (exact) mass is 309 g/mol. The van der Waals surface area contributed by atoms with E-state index in [9.17, 15) is 4.79 Å². The predicted molar refractivity (Wildman–Crippen MR) is 88.4 cm³/mol. The number of hydrogen-bond acceptors (Lipinski definition) is 3. The molecule has 6 nitrogen and oxygen atoms in total. The number of carbonyl (C=O) groups excluding carboxylic acids is 1. The summed E-state index contributed by atoms with van der Waals surface area (Å²) < 4.78 is 3.49. The van der Waals surface area contributed by atoms with Crippen molar-refractivity contribution in [3.63, 3.8) is 0 Å². The molecule has 1 amide bonds. The molecule has 6 heteroatoms. The van der Waals surface area contributed by atoms with Crippen molar-refractivity contribution in [2.24, 2.45) is 0 Å². The van der Waals surface area contributed by atoms with Crippen molar-refractivity contribution in [3.8, 4) is 0 Å². The highest BCUT2D eigenvalue weighted by atomic mass is 16.2. The molecule has 1 aromatic carbocycles. The standard InChI is InChI=1S/C17H19N5O/c1-3-22-16(9-13(2)20-22)17(23)19-15-10-18-21(12-15)11-14-7-5-4-6-8-14/h4-10,12H,3,11H2,1-2H3,(H,19,23). The average Bonchev–Trinajstić information content (AvgIpc) is 3.14. The summed E-state index contributed by atoms with van der Waals surface area (Å²) in [5, 5.41) is 11.4. The van der Waals surface area contributed by atoms with Gasteiger partial charge in [-0.1, -0.05) is 30.3 Å². The van der Waals surface area contributed by atoms with Crippen molar-refractivity contribution in [1.82, 2.24) is 19.6 Å². The molecule has 118 valence electrons. The molecule has 0 radical (unpaired) electrons. The molecule has 3 rings (SSSR count). The molecule has 0 atom stereocenters. The second-order valence-electron chi connectivity index (χ2n) is 5.35. The highest BCUT2D eigenvalue weighted by Gasteiger charge is 2.14. The maximum atomic E-state index is 12.4. The van der Waals surface area contributed by atoms with Crippen LogP contribution in [0.15, 0.2) is 48.8 Å². The van der Waals surface area contributed by atoms with Gasteiger partial charge in [-0.2, -0.15) is 10.2 Å². The van der Waals surface area contributed by atoms with Crippen LogP contribution < -0.4 is 5.32 Å². The minimum Gasteiger partial charge on any atom is -0.318 e. The maximum Gasteiger partial charge on any atom is 0.274 e. The first kappa shape index (κ1) is 15.0. The van der Waals surface area contributed by atoms with Crippen LogP contribution in [0.3, 0.4) is 0 Å². The van der Waals surface area contributed by atoms with Gasteiger partial charge in [0.05, 0.1) is 24.1 Å². The summed E-state index contributed by atoms with van der Waals surface area (Å²) in [5.74, 6) is -0.174. The van der Waals surface area contributed by atoms with Gasteiger partial charge >= 0.3 is 0 Å². The van der Waals surface area contributed by atoms with Crippen molar-refractivity contribution in [2.45, 2.75) is 26.9 Å². The number of carbonyl (C=O) groups is 1. The van der Waals surface area contributed by atoms with Crippen molar-refractivity contribution in [3.05, 3.63) is 65.7 Å². The minimum absolute atomic E-state index is 0.174. The number of benzene rings is 1. The van der Waals surface area contributed by atoms with Crippen LogP contribution in [-0.4, -0.2) is 25.5 Å². The summed E-state index contributed by atoms with van der Waals surface area (Å²) in [6.45, 7) is 5.16. The van der Waals surface area contributed by atoms with Gasteiger partial charge in [-0.15, -0.1) is 0 Å². The molecule has 0 aliphatic rings. The Morgan fingerprint density at radius 2 is 2.04 bits per heavy atom. The lowest BCUT2D eigenvalue weighted by atomic mass is 10.2. The molecular formula is C17H19N5O. The molecule has 0 bridgehead atoms. The van der Waals surface area contributed by atoms with E-state index in [0.29, 0.717) is 24.5 Å². The van der Waals surface area contributed by atoms with E-state index in [0.717, 1.165) is 11.3 Å². The molecule has 1 N–H and O–H groups in total. The number of nitrogens with one attached hydrogen (secondary N) is 1. The Morgan fingerprint density at radius 1 is 1.26 bits per heavy atom. The first-order valence-electron chi connectivity index (χ1n) is 7.58. The fourth-order valence-corrected chi connectivity index (χ4v) is 2.45. The first-order chi connectivity index (χ1) is 11.2. The van der Waals surface area contributed by atoms with Crippen molar-refractivity contribution in [1.29, 1.82) is 0 Å². The van der Waals surface area contributed by atoms with Gasteiger partial charge in [-0.25, -0.2) is 0 Å². The highest BCUT2D eigenvalue weighted by Crippen LogP contribution is 2.11. The van der Waals surface area contributed by atoms with Gasteiger partial charge in [0.25, 0.3) is 5.91 Å². The molecule has 2 heterocycles. The lowest BCUT2D eigenvalue weighted by molar-refractivity contribution is 0.101. The lowest BCUT2D eigenvalue weighted by Gasteiger charge is -2.04. The minimum atomic E-state index is -0.174. The van der Waals surface area contributed by atoms with Crippen LogP contribution in [0.4, 0.5) is 5.69 Å². The van der Waals surface area contributed by atoms with Crippen LogP contribution >= 0.6 is 0 Å². The molecule has 2 aromatic heterocycles. The Bertz CT molecular complexity index is 804. The Kier molecular flexibility index (Phi) is 4.23. The van der Waals surface area contributed by atoms with Crippen LogP contribution in [-0.2, 0) is 13.1 Å². The maximum absolute atomic E-state index is 12.4. The SMILES string of the molecule is CCn1nc(C)cc1C(=O)Nc1cnn(Cc2ccccc2)c1. The van der Waals surface area contributed by atoms with Crippen LogP contribution in [0.25, 0.3) is 0 Å². The third-order valence-corrected chi connectivity index (χ3v) is 3.51. The topological polar surface area (TPSA) is 64.7 Å². The molecule has 23 heavy (non-hydrogen) atoms. The largest absolute Gasteiger partial charge is 0.318 e. The van der Waals surface area contributed by atoms with Gasteiger partial charge in [0.2, 0.25) is 0 Å². The summed E-state index contributed by atoms with van der Waals surface area (Å²) in [6, 6.07) is 11.8. The first-order valence-corrected chi connectivity index (χ1v) is 7.58. The van der Waals surface area contributed by atoms with Gasteiger partial charge in [0.1, 0.15) is 5.69 Å². The normalized spacial score (nSPS) is 10.7. The van der Waals surface area contributed by atoms with E-state index in [-0.39, 0.29) is 5.91 Å². The van der Waals surface area contributed by atoms with E-state index in [1.165, 1.54) is 0 Å². The zero-order valence-corrected chi connectivity index (χ0v) is 13.2. The second kappa shape index (κ2) is 6.48. The smallest absolute Gasteiger partial charge is 0.274 e. The van der Waals surface area contributed by atoms with E-state index in [1.54, 1.807) is 21.6 Å². The third kappa shape index (κ3) is 3.48. The molecular weight excluding hydrogens is 290 g/mol. The van der Waals surface area contributed by atoms with Crippen LogP contribution in [0.2, 0.25) is 0 Å². The Labute approximate surface area is 134 Å². The summed E-state index contributed by atoms with van der Waals surface area (Å²) in [7, 11) is 0. The molecule has 0 unspecified atom stereocenters. The molecule has 0 saturated heterocycles. The Morgan fingerprint density at radius 3 is 2.78 bits per heavy atom. The van der Waals surface area contributed by atoms with Crippen LogP contribution in [0.5, 0.6) is 0 Å². The molecule has 0 spiro atoms. The number of nitrogens with zero attached hydrogens (tertiary/aromatic N) is 4. The van der Waals surface area contributed by atoms with Crippen molar-refractivity contribution >= 4 is 11.6 Å². The van der Waals surface area contributed by atoms with Crippen LogP contribution in [0, 0.1) is 6.92 Å². The number of anilines is 1. The third-order valence-electron chi connectivity index (χ3n) is 3.51. The van der Waals surface area contributed by atoms with Gasteiger partial charge < -0.3 is 5.32 Å². The van der Waals surface area contributed by atoms with Crippen molar-refractivity contribution < 1.29 is 4.79 Å². The van der Waals surface area contributed by atoms with E-state index >= 15 is 0 Å². The fraction of sp³-hybridized carbons (Fsp3) is 0.235. The number of hydrogen-bond donors (Lipinski definition) is 1. The molecule has 0 aliphatic heterocycles. The predicted octanol–water partition coefficient (Wildman–Crippen LogP) is 2.71. The average molecular weight is 309 g/mol. The Balaban J connectivity index is 1.70. The summed E-state index contributed by atoms with van der Waals surface area (Å²) in [4.78, 5) is 12.4. The van der Waals surface area contributed by atoms with E-state index in [4.69, 9.17) is 0 Å². The molecule has 0 aliphatic carbocycles. The van der Waals surface area contributed by atoms with Gasteiger partial charge in [-0.3, -0.25) is 14.2 Å². The molecule has 0 fully saturated rings. The summed E-state index contributed by atoms with van der Waals surface area (Å²) >= 11 is 0. The van der Waals surface area contributed by atoms with Crippen molar-refractivity contribution in [2.75, 3.05) is 5.32 Å². The number of aryl methyl sites for hydroxylation is 2. The number of amides is 1. The Hall–Kier alpha value is -2.89. The number of aromatic nitrogens is 4. The van der Waals surface area contributed by atoms with E-state index < -0.39 is 0 Å².